The monoisotopic (exact) mass is 373 g/mol. The maximum atomic E-state index is 13.9. The van der Waals surface area contributed by atoms with Crippen LogP contribution in [-0.4, -0.2) is 67.2 Å². The minimum atomic E-state index is -0.239. The van der Waals surface area contributed by atoms with Gasteiger partial charge < -0.3 is 19.9 Å². The van der Waals surface area contributed by atoms with Crippen molar-refractivity contribution in [3.8, 4) is 0 Å². The number of amides is 1. The molecule has 0 saturated carbocycles. The number of para-hydroxylation sites is 1. The van der Waals surface area contributed by atoms with Crippen molar-refractivity contribution in [1.29, 1.82) is 0 Å². The van der Waals surface area contributed by atoms with Crippen LogP contribution >= 0.6 is 0 Å². The Morgan fingerprint density at radius 2 is 2.00 bits per heavy atom. The lowest BCUT2D eigenvalue weighted by atomic mass is 10.2. The van der Waals surface area contributed by atoms with Gasteiger partial charge in [-0.05, 0) is 18.6 Å². The number of hydrogen-bond acceptors (Lipinski definition) is 6. The second kappa shape index (κ2) is 9.27. The van der Waals surface area contributed by atoms with Gasteiger partial charge >= 0.3 is 0 Å². The van der Waals surface area contributed by atoms with Gasteiger partial charge in [0.15, 0.2) is 0 Å². The number of benzene rings is 1. The number of methoxy groups -OCH3 is 1. The standard InChI is InChI=1S/C19H24FN5O2/c1-27-12-4-7-21-18-13-16(22-14-23-18)19(26)25-10-8-24(9-11-25)17-6-3-2-5-15(17)20/h2-3,5-6,13-14H,4,7-12H2,1H3,(H,21,22,23). The number of aromatic nitrogens is 2. The number of nitrogens with one attached hydrogen (secondary N) is 1. The number of carbonyl (C=O) groups excluding carboxylic acids is 1. The molecule has 0 radical (unpaired) electrons. The topological polar surface area (TPSA) is 70.6 Å². The van der Waals surface area contributed by atoms with E-state index in [1.165, 1.54) is 12.4 Å². The molecule has 0 unspecified atom stereocenters. The minimum absolute atomic E-state index is 0.134. The first-order valence-corrected chi connectivity index (χ1v) is 9.02. The van der Waals surface area contributed by atoms with Crippen molar-refractivity contribution in [3.05, 3.63) is 48.2 Å². The summed E-state index contributed by atoms with van der Waals surface area (Å²) < 4.78 is 18.9. The van der Waals surface area contributed by atoms with E-state index in [1.807, 2.05) is 11.0 Å². The summed E-state index contributed by atoms with van der Waals surface area (Å²) in [6.45, 7) is 3.58. The number of halogens is 1. The summed E-state index contributed by atoms with van der Waals surface area (Å²) in [7, 11) is 1.66. The summed E-state index contributed by atoms with van der Waals surface area (Å²) in [4.78, 5) is 24.7. The van der Waals surface area contributed by atoms with Crippen molar-refractivity contribution < 1.29 is 13.9 Å². The Bertz CT molecular complexity index is 765. The third-order valence-electron chi connectivity index (χ3n) is 4.48. The van der Waals surface area contributed by atoms with E-state index in [0.29, 0.717) is 56.5 Å². The van der Waals surface area contributed by atoms with Crippen LogP contribution in [0, 0.1) is 5.82 Å². The number of rotatable bonds is 7. The Hall–Kier alpha value is -2.74. The molecule has 144 valence electrons. The van der Waals surface area contributed by atoms with E-state index in [-0.39, 0.29) is 11.7 Å². The van der Waals surface area contributed by atoms with Crippen LogP contribution in [0.5, 0.6) is 0 Å². The molecule has 1 N–H and O–H groups in total. The molecule has 1 aliphatic rings. The number of piperazine rings is 1. The third-order valence-corrected chi connectivity index (χ3v) is 4.48. The molecule has 1 amide bonds. The molecule has 2 heterocycles. The summed E-state index contributed by atoms with van der Waals surface area (Å²) in [6.07, 6.45) is 2.24. The number of ether oxygens (including phenoxy) is 1. The van der Waals surface area contributed by atoms with E-state index in [4.69, 9.17) is 4.74 Å². The van der Waals surface area contributed by atoms with Crippen molar-refractivity contribution in [2.45, 2.75) is 6.42 Å². The average molecular weight is 373 g/mol. The fraction of sp³-hybridized carbons (Fsp3) is 0.421. The number of nitrogens with zero attached hydrogens (tertiary/aromatic N) is 4. The van der Waals surface area contributed by atoms with Crippen LogP contribution in [-0.2, 0) is 4.74 Å². The van der Waals surface area contributed by atoms with E-state index in [1.54, 1.807) is 30.2 Å². The summed E-state index contributed by atoms with van der Waals surface area (Å²) in [5, 5.41) is 3.16. The molecule has 27 heavy (non-hydrogen) atoms. The van der Waals surface area contributed by atoms with Crippen molar-refractivity contribution in [2.75, 3.05) is 56.7 Å². The number of anilines is 2. The van der Waals surface area contributed by atoms with Crippen LogP contribution in [0.2, 0.25) is 0 Å². The van der Waals surface area contributed by atoms with Crippen LogP contribution in [0.4, 0.5) is 15.9 Å². The smallest absolute Gasteiger partial charge is 0.272 e. The second-order valence-electron chi connectivity index (χ2n) is 6.29. The average Bonchev–Trinajstić information content (AvgIpc) is 2.71. The molecule has 1 aliphatic heterocycles. The molecule has 0 aliphatic carbocycles. The van der Waals surface area contributed by atoms with Crippen LogP contribution in [0.15, 0.2) is 36.7 Å². The molecule has 1 aromatic heterocycles. The van der Waals surface area contributed by atoms with Crippen molar-refractivity contribution >= 4 is 17.4 Å². The Morgan fingerprint density at radius 3 is 2.74 bits per heavy atom. The summed E-state index contributed by atoms with van der Waals surface area (Å²) in [5.41, 5.74) is 0.938. The number of carbonyl (C=O) groups is 1. The highest BCUT2D eigenvalue weighted by Gasteiger charge is 2.24. The lowest BCUT2D eigenvalue weighted by molar-refractivity contribution is 0.0740. The van der Waals surface area contributed by atoms with Crippen LogP contribution < -0.4 is 10.2 Å². The van der Waals surface area contributed by atoms with Crippen LogP contribution in [0.1, 0.15) is 16.9 Å². The molecule has 8 heteroatoms. The van der Waals surface area contributed by atoms with Gasteiger partial charge in [-0.2, -0.15) is 0 Å². The first kappa shape index (κ1) is 19.0. The first-order chi connectivity index (χ1) is 13.2. The normalized spacial score (nSPS) is 14.3. The molecule has 0 bridgehead atoms. The summed E-state index contributed by atoms with van der Waals surface area (Å²) >= 11 is 0. The maximum Gasteiger partial charge on any atom is 0.272 e. The first-order valence-electron chi connectivity index (χ1n) is 9.02. The Morgan fingerprint density at radius 1 is 1.22 bits per heavy atom. The van der Waals surface area contributed by atoms with Gasteiger partial charge in [-0.25, -0.2) is 14.4 Å². The van der Waals surface area contributed by atoms with E-state index < -0.39 is 0 Å². The zero-order valence-corrected chi connectivity index (χ0v) is 15.4. The predicted molar refractivity (Wildman–Crippen MR) is 102 cm³/mol. The van der Waals surface area contributed by atoms with Crippen molar-refractivity contribution in [3.63, 3.8) is 0 Å². The predicted octanol–water partition coefficient (Wildman–Crippen LogP) is 2.03. The third kappa shape index (κ3) is 4.91. The maximum absolute atomic E-state index is 13.9. The summed E-state index contributed by atoms with van der Waals surface area (Å²) in [6, 6.07) is 8.37. The van der Waals surface area contributed by atoms with Crippen molar-refractivity contribution in [1.82, 2.24) is 14.9 Å². The van der Waals surface area contributed by atoms with E-state index >= 15 is 0 Å². The molecule has 1 aromatic carbocycles. The van der Waals surface area contributed by atoms with Crippen molar-refractivity contribution in [2.24, 2.45) is 0 Å². The lowest BCUT2D eigenvalue weighted by Crippen LogP contribution is -2.49. The van der Waals surface area contributed by atoms with Crippen LogP contribution in [0.25, 0.3) is 0 Å². The Kier molecular flexibility index (Phi) is 6.54. The van der Waals surface area contributed by atoms with Gasteiger partial charge in [0.25, 0.3) is 5.91 Å². The summed E-state index contributed by atoms with van der Waals surface area (Å²) in [5.74, 6) is 0.247. The zero-order valence-electron chi connectivity index (χ0n) is 15.4. The van der Waals surface area contributed by atoms with Gasteiger partial charge in [0.05, 0.1) is 5.69 Å². The Labute approximate surface area is 158 Å². The molecule has 0 atom stereocenters. The fourth-order valence-electron chi connectivity index (χ4n) is 3.02. The molecule has 0 spiro atoms. The number of hydrogen-bond donors (Lipinski definition) is 1. The van der Waals surface area contributed by atoms with Gasteiger partial charge in [-0.1, -0.05) is 12.1 Å². The highest BCUT2D eigenvalue weighted by Crippen LogP contribution is 2.20. The quantitative estimate of drug-likeness (QED) is 0.749. The zero-order chi connectivity index (χ0) is 19.1. The van der Waals surface area contributed by atoms with Gasteiger partial charge in [0.2, 0.25) is 0 Å². The lowest BCUT2D eigenvalue weighted by Gasteiger charge is -2.36. The largest absolute Gasteiger partial charge is 0.385 e. The highest BCUT2D eigenvalue weighted by molar-refractivity contribution is 5.93. The molecule has 1 saturated heterocycles. The van der Waals surface area contributed by atoms with Gasteiger partial charge in [-0.15, -0.1) is 0 Å². The van der Waals surface area contributed by atoms with Gasteiger partial charge in [0, 0.05) is 52.5 Å². The van der Waals surface area contributed by atoms with Gasteiger partial charge in [0.1, 0.15) is 23.7 Å². The molecular weight excluding hydrogens is 349 g/mol. The molecule has 1 fully saturated rings. The second-order valence-corrected chi connectivity index (χ2v) is 6.29. The SMILES string of the molecule is COCCCNc1cc(C(=O)N2CCN(c3ccccc3F)CC2)ncn1. The molecular formula is C19H24FN5O2. The minimum Gasteiger partial charge on any atom is -0.385 e. The molecule has 7 nitrogen and oxygen atoms in total. The van der Waals surface area contributed by atoms with E-state index in [2.05, 4.69) is 15.3 Å². The molecule has 3 rings (SSSR count). The Balaban J connectivity index is 1.57. The van der Waals surface area contributed by atoms with E-state index in [0.717, 1.165) is 6.42 Å². The highest BCUT2D eigenvalue weighted by atomic mass is 19.1. The molecule has 2 aromatic rings. The van der Waals surface area contributed by atoms with E-state index in [9.17, 15) is 9.18 Å². The fourth-order valence-corrected chi connectivity index (χ4v) is 3.02. The van der Waals surface area contributed by atoms with Gasteiger partial charge in [-0.3, -0.25) is 4.79 Å². The van der Waals surface area contributed by atoms with Crippen LogP contribution in [0.3, 0.4) is 0 Å².